The summed E-state index contributed by atoms with van der Waals surface area (Å²) in [5, 5.41) is 19.5. The topological polar surface area (TPSA) is 65.7 Å². The van der Waals surface area contributed by atoms with E-state index >= 15 is 0 Å². The number of aliphatic hydroxyl groups excluding tert-OH is 1. The first kappa shape index (κ1) is 16.7. The fourth-order valence-electron chi connectivity index (χ4n) is 2.30. The van der Waals surface area contributed by atoms with Crippen molar-refractivity contribution in [1.82, 2.24) is 9.47 Å². The molecular formula is C15H26N2O3. The fraction of sp³-hybridized carbons (Fsp3) is 0.667. The molecule has 0 fully saturated rings. The zero-order valence-electron chi connectivity index (χ0n) is 12.7. The molecule has 1 aromatic heterocycles. The highest BCUT2D eigenvalue weighted by molar-refractivity contribution is 5.30. The van der Waals surface area contributed by atoms with Gasteiger partial charge in [0.05, 0.1) is 12.3 Å². The normalized spacial score (nSPS) is 11.2. The Hall–Kier alpha value is -1.33. The van der Waals surface area contributed by atoms with Crippen LogP contribution in [0.4, 0.5) is 0 Å². The number of nitrogens with zero attached hydrogens (tertiary/aromatic N) is 2. The Balaban J connectivity index is 3.13. The highest BCUT2D eigenvalue weighted by Gasteiger charge is 2.15. The molecule has 5 heteroatoms. The Labute approximate surface area is 120 Å². The van der Waals surface area contributed by atoms with E-state index in [9.17, 15) is 15.0 Å². The first-order chi connectivity index (χ1) is 9.54. The Kier molecular flexibility index (Phi) is 6.75. The van der Waals surface area contributed by atoms with E-state index in [1.165, 1.54) is 6.07 Å². The Morgan fingerprint density at radius 2 is 2.00 bits per heavy atom. The summed E-state index contributed by atoms with van der Waals surface area (Å²) in [5.74, 6) is -0.195. The molecule has 20 heavy (non-hydrogen) atoms. The van der Waals surface area contributed by atoms with Gasteiger partial charge in [-0.05, 0) is 26.4 Å². The molecule has 0 unspecified atom stereocenters. The lowest BCUT2D eigenvalue weighted by Crippen LogP contribution is -2.25. The van der Waals surface area contributed by atoms with Crippen LogP contribution in [0.1, 0.15) is 44.5 Å². The Morgan fingerprint density at radius 1 is 1.30 bits per heavy atom. The molecule has 0 atom stereocenters. The summed E-state index contributed by atoms with van der Waals surface area (Å²) in [4.78, 5) is 13.9. The maximum absolute atomic E-state index is 11.8. The van der Waals surface area contributed by atoms with Crippen molar-refractivity contribution in [2.75, 3.05) is 13.6 Å². The van der Waals surface area contributed by atoms with Gasteiger partial charge in [-0.3, -0.25) is 4.79 Å². The summed E-state index contributed by atoms with van der Waals surface area (Å²) in [6.45, 7) is 6.07. The second-order valence-electron chi connectivity index (χ2n) is 5.20. The number of aromatic nitrogens is 1. The van der Waals surface area contributed by atoms with Gasteiger partial charge in [-0.25, -0.2) is 0 Å². The van der Waals surface area contributed by atoms with E-state index in [1.807, 2.05) is 18.5 Å². The molecule has 0 saturated carbocycles. The van der Waals surface area contributed by atoms with E-state index in [0.717, 1.165) is 25.8 Å². The standard InChI is InChI=1S/C15H26N2O3/c1-4-6-8-16(3)10-13-15(20)14(19)9-12(11-18)17(13)7-5-2/h9,18,20H,4-8,10-11H2,1-3H3. The van der Waals surface area contributed by atoms with Gasteiger partial charge in [0.25, 0.3) is 0 Å². The molecule has 0 amide bonds. The maximum Gasteiger partial charge on any atom is 0.223 e. The third-order valence-electron chi connectivity index (χ3n) is 3.40. The molecule has 0 aliphatic heterocycles. The predicted molar refractivity (Wildman–Crippen MR) is 79.8 cm³/mol. The molecule has 0 aliphatic rings. The molecule has 0 bridgehead atoms. The lowest BCUT2D eigenvalue weighted by atomic mass is 10.2. The summed E-state index contributed by atoms with van der Waals surface area (Å²) < 4.78 is 1.86. The highest BCUT2D eigenvalue weighted by Crippen LogP contribution is 2.17. The van der Waals surface area contributed by atoms with Crippen molar-refractivity contribution in [3.8, 4) is 5.75 Å². The van der Waals surface area contributed by atoms with Crippen LogP contribution in [0.5, 0.6) is 5.75 Å². The Bertz CT molecular complexity index is 483. The SMILES string of the molecule is CCCCN(C)Cc1c(O)c(=O)cc(CO)n1CCC. The smallest absolute Gasteiger partial charge is 0.223 e. The monoisotopic (exact) mass is 282 g/mol. The molecule has 0 aromatic carbocycles. The largest absolute Gasteiger partial charge is 0.503 e. The van der Waals surface area contributed by atoms with Crippen molar-refractivity contribution < 1.29 is 10.2 Å². The minimum Gasteiger partial charge on any atom is -0.503 e. The van der Waals surface area contributed by atoms with E-state index in [4.69, 9.17) is 0 Å². The zero-order chi connectivity index (χ0) is 15.1. The zero-order valence-corrected chi connectivity index (χ0v) is 12.7. The first-order valence-electron chi connectivity index (χ1n) is 7.29. The van der Waals surface area contributed by atoms with Gasteiger partial charge in [-0.2, -0.15) is 0 Å². The fourth-order valence-corrected chi connectivity index (χ4v) is 2.30. The number of hydrogen-bond donors (Lipinski definition) is 2. The molecule has 2 N–H and O–H groups in total. The lowest BCUT2D eigenvalue weighted by molar-refractivity contribution is 0.260. The third kappa shape index (κ3) is 4.08. The second kappa shape index (κ2) is 8.07. The van der Waals surface area contributed by atoms with Crippen LogP contribution in [0.15, 0.2) is 10.9 Å². The number of aromatic hydroxyl groups is 1. The first-order valence-corrected chi connectivity index (χ1v) is 7.29. The van der Waals surface area contributed by atoms with Crippen molar-refractivity contribution in [3.63, 3.8) is 0 Å². The van der Waals surface area contributed by atoms with E-state index in [1.54, 1.807) is 0 Å². The average Bonchev–Trinajstić information content (AvgIpc) is 2.44. The van der Waals surface area contributed by atoms with Gasteiger partial charge in [-0.1, -0.05) is 20.3 Å². The summed E-state index contributed by atoms with van der Waals surface area (Å²) in [5.41, 5.74) is 0.746. The number of aliphatic hydroxyl groups is 1. The van der Waals surface area contributed by atoms with Gasteiger partial charge in [-0.15, -0.1) is 0 Å². The molecule has 1 heterocycles. The van der Waals surface area contributed by atoms with Crippen LogP contribution < -0.4 is 5.43 Å². The highest BCUT2D eigenvalue weighted by atomic mass is 16.3. The van der Waals surface area contributed by atoms with Crippen LogP contribution in [-0.4, -0.2) is 33.3 Å². The summed E-state index contributed by atoms with van der Waals surface area (Å²) in [6, 6.07) is 1.32. The van der Waals surface area contributed by atoms with Crippen molar-refractivity contribution in [2.45, 2.75) is 52.8 Å². The number of rotatable bonds is 8. The third-order valence-corrected chi connectivity index (χ3v) is 3.40. The van der Waals surface area contributed by atoms with Gasteiger partial charge < -0.3 is 19.7 Å². The summed E-state index contributed by atoms with van der Waals surface area (Å²) in [7, 11) is 1.97. The van der Waals surface area contributed by atoms with Crippen LogP contribution in [-0.2, 0) is 19.7 Å². The van der Waals surface area contributed by atoms with E-state index in [2.05, 4.69) is 11.8 Å². The molecule has 0 radical (unpaired) electrons. The summed E-state index contributed by atoms with van der Waals surface area (Å²) >= 11 is 0. The van der Waals surface area contributed by atoms with Crippen LogP contribution >= 0.6 is 0 Å². The van der Waals surface area contributed by atoms with Crippen molar-refractivity contribution in [2.24, 2.45) is 0 Å². The van der Waals surface area contributed by atoms with E-state index < -0.39 is 5.43 Å². The van der Waals surface area contributed by atoms with Crippen molar-refractivity contribution in [3.05, 3.63) is 27.7 Å². The average molecular weight is 282 g/mol. The van der Waals surface area contributed by atoms with Gasteiger partial charge in [0, 0.05) is 24.8 Å². The van der Waals surface area contributed by atoms with Gasteiger partial charge >= 0.3 is 0 Å². The molecule has 0 saturated heterocycles. The maximum atomic E-state index is 11.8. The summed E-state index contributed by atoms with van der Waals surface area (Å²) in [6.07, 6.45) is 3.06. The number of pyridine rings is 1. The predicted octanol–water partition coefficient (Wildman–Crippen LogP) is 1.69. The van der Waals surface area contributed by atoms with E-state index in [-0.39, 0.29) is 12.4 Å². The number of hydrogen-bond acceptors (Lipinski definition) is 4. The van der Waals surface area contributed by atoms with Crippen molar-refractivity contribution >= 4 is 0 Å². The quantitative estimate of drug-likeness (QED) is 0.761. The minimum atomic E-state index is -0.416. The Morgan fingerprint density at radius 3 is 2.55 bits per heavy atom. The molecule has 1 rings (SSSR count). The molecule has 0 aliphatic carbocycles. The van der Waals surface area contributed by atoms with Crippen LogP contribution in [0.25, 0.3) is 0 Å². The van der Waals surface area contributed by atoms with Gasteiger partial charge in [0.2, 0.25) is 5.43 Å². The minimum absolute atomic E-state index is 0.193. The van der Waals surface area contributed by atoms with Crippen LogP contribution in [0.3, 0.4) is 0 Å². The van der Waals surface area contributed by atoms with Crippen LogP contribution in [0.2, 0.25) is 0 Å². The molecule has 5 nitrogen and oxygen atoms in total. The van der Waals surface area contributed by atoms with E-state index in [0.29, 0.717) is 24.5 Å². The van der Waals surface area contributed by atoms with Crippen molar-refractivity contribution in [1.29, 1.82) is 0 Å². The molecular weight excluding hydrogens is 256 g/mol. The second-order valence-corrected chi connectivity index (χ2v) is 5.20. The molecule has 114 valence electrons. The van der Waals surface area contributed by atoms with Gasteiger partial charge in [0.1, 0.15) is 0 Å². The lowest BCUT2D eigenvalue weighted by Gasteiger charge is -2.22. The van der Waals surface area contributed by atoms with Gasteiger partial charge in [0.15, 0.2) is 5.75 Å². The van der Waals surface area contributed by atoms with Crippen LogP contribution in [0, 0.1) is 0 Å². The number of unbranched alkanes of at least 4 members (excludes halogenated alkanes) is 1. The molecule has 0 spiro atoms. The molecule has 1 aromatic rings.